The quantitative estimate of drug-likeness (QED) is 0.223. The molecule has 0 radical (unpaired) electrons. The van der Waals surface area contributed by atoms with Crippen LogP contribution in [0.15, 0.2) is 125 Å². The fraction of sp³-hybridized carbons (Fsp3) is 0.289. The second-order valence-electron chi connectivity index (χ2n) is 12.7. The molecule has 0 saturated heterocycles. The zero-order chi connectivity index (χ0) is 28.9. The zero-order valence-electron chi connectivity index (χ0n) is 25.5. The lowest BCUT2D eigenvalue weighted by atomic mass is 9.79. The first-order valence-corrected chi connectivity index (χ1v) is 15.1. The van der Waals surface area contributed by atoms with Crippen LogP contribution < -0.4 is 28.9 Å². The molecule has 1 atom stereocenters. The average Bonchev–Trinajstić information content (AvgIpc) is 3.29. The summed E-state index contributed by atoms with van der Waals surface area (Å²) >= 11 is 7.26. The number of fused-ring (bicyclic) bond motifs is 2. The Morgan fingerprint density at radius 1 is 0.786 bits per heavy atom. The minimum atomic E-state index is -0.0703. The van der Waals surface area contributed by atoms with Gasteiger partial charge in [0.1, 0.15) is 7.05 Å². The third-order valence-corrected chi connectivity index (χ3v) is 10.0. The van der Waals surface area contributed by atoms with E-state index in [9.17, 15) is 0 Å². The predicted molar refractivity (Wildman–Crippen MR) is 175 cm³/mol. The van der Waals surface area contributed by atoms with E-state index in [1.807, 2.05) is 0 Å². The summed E-state index contributed by atoms with van der Waals surface area (Å²) in [7, 11) is 4.35. The average molecular weight is 687 g/mol. The maximum Gasteiger partial charge on any atom is 0.209 e. The van der Waals surface area contributed by atoms with Gasteiger partial charge >= 0.3 is 0 Å². The summed E-state index contributed by atoms with van der Waals surface area (Å²) in [5.41, 5.74) is 11.5. The van der Waals surface area contributed by atoms with Crippen molar-refractivity contribution < 1.29 is 28.6 Å². The molecule has 0 saturated carbocycles. The fourth-order valence-electron chi connectivity index (χ4n) is 7.19. The van der Waals surface area contributed by atoms with Crippen molar-refractivity contribution in [1.29, 1.82) is 0 Å². The highest BCUT2D eigenvalue weighted by atomic mass is 127. The minimum absolute atomic E-state index is 0. The molecule has 1 aliphatic carbocycles. The topological polar surface area (TPSA) is 6.25 Å². The van der Waals surface area contributed by atoms with Crippen molar-refractivity contribution in [3.05, 3.63) is 142 Å². The van der Waals surface area contributed by atoms with E-state index in [1.165, 1.54) is 50.6 Å². The van der Waals surface area contributed by atoms with E-state index in [-0.39, 0.29) is 34.8 Å². The van der Waals surface area contributed by atoms with Crippen LogP contribution in [-0.2, 0) is 10.8 Å². The first-order valence-electron chi connectivity index (χ1n) is 14.7. The molecule has 0 amide bonds. The largest absolute Gasteiger partial charge is 1.00 e. The van der Waals surface area contributed by atoms with E-state index in [1.54, 1.807) is 0 Å². The van der Waals surface area contributed by atoms with Gasteiger partial charge in [-0.05, 0) is 67.0 Å². The molecule has 2 nitrogen and oxygen atoms in total. The summed E-state index contributed by atoms with van der Waals surface area (Å²) in [5.74, 6) is 0.381. The van der Waals surface area contributed by atoms with Crippen molar-refractivity contribution in [2.24, 2.45) is 0 Å². The molecule has 2 heterocycles. The molecule has 0 aromatic heterocycles. The number of hydrogen-bond donors (Lipinski definition) is 0. The third kappa shape index (κ3) is 5.13. The summed E-state index contributed by atoms with van der Waals surface area (Å²) in [6.45, 7) is 9.25. The van der Waals surface area contributed by atoms with Crippen molar-refractivity contribution in [3.63, 3.8) is 0 Å². The summed E-state index contributed by atoms with van der Waals surface area (Å²) in [5, 5.41) is 0.887. The molecule has 42 heavy (non-hydrogen) atoms. The summed E-state index contributed by atoms with van der Waals surface area (Å²) < 4.78 is 2.33. The maximum atomic E-state index is 7.26. The molecule has 2 aliphatic heterocycles. The van der Waals surface area contributed by atoms with Crippen LogP contribution in [-0.4, -0.2) is 24.4 Å². The monoisotopic (exact) mass is 686 g/mol. The smallest absolute Gasteiger partial charge is 0.209 e. The van der Waals surface area contributed by atoms with Gasteiger partial charge in [-0.1, -0.05) is 104 Å². The van der Waals surface area contributed by atoms with Gasteiger partial charge < -0.3 is 28.9 Å². The molecule has 3 aliphatic rings. The van der Waals surface area contributed by atoms with Crippen LogP contribution in [0.4, 0.5) is 11.4 Å². The molecule has 4 heteroatoms. The van der Waals surface area contributed by atoms with E-state index < -0.39 is 0 Å². The summed E-state index contributed by atoms with van der Waals surface area (Å²) in [6, 6.07) is 28.3. The zero-order valence-corrected chi connectivity index (χ0v) is 28.4. The highest BCUT2D eigenvalue weighted by Crippen LogP contribution is 2.48. The van der Waals surface area contributed by atoms with Crippen molar-refractivity contribution in [2.75, 3.05) is 19.0 Å². The number of benzene rings is 3. The maximum absolute atomic E-state index is 7.26. The minimum Gasteiger partial charge on any atom is -1.00 e. The first-order chi connectivity index (χ1) is 19.6. The first kappa shape index (κ1) is 30.6. The van der Waals surface area contributed by atoms with E-state index in [2.05, 4.69) is 154 Å². The fourth-order valence-corrected chi connectivity index (χ4v) is 7.47. The van der Waals surface area contributed by atoms with Crippen molar-refractivity contribution in [1.82, 2.24) is 0 Å². The van der Waals surface area contributed by atoms with E-state index in [4.69, 9.17) is 11.6 Å². The molecule has 0 N–H and O–H groups in total. The summed E-state index contributed by atoms with van der Waals surface area (Å²) in [6.07, 6.45) is 11.0. The molecule has 0 spiro atoms. The summed E-state index contributed by atoms with van der Waals surface area (Å²) in [4.78, 5) is 2.33. The van der Waals surface area contributed by atoms with Gasteiger partial charge in [0, 0.05) is 46.6 Å². The molecule has 1 unspecified atom stereocenters. The number of anilines is 1. The van der Waals surface area contributed by atoms with E-state index in [0.29, 0.717) is 5.92 Å². The number of nitrogens with zero attached hydrogens (tertiary/aromatic N) is 2. The van der Waals surface area contributed by atoms with Gasteiger partial charge in [0.05, 0.1) is 5.41 Å². The van der Waals surface area contributed by atoms with Crippen LogP contribution in [0, 0.1) is 0 Å². The standard InChI is InChI=1S/C38H40ClN2.HI/c1-37(2)30-16-10-12-18-32(30)40(5)34(37)22-20-27-24-29(26-14-8-7-9-15-26)25-28(36(27)39)21-23-35-38(3,4)31-17-11-13-19-33(31)41(35)6;/h7-23,29H,24-25H2,1-6H3;1H/q+1;/p-1. The Morgan fingerprint density at radius 2 is 1.43 bits per heavy atom. The van der Waals surface area contributed by atoms with Gasteiger partial charge in [0.2, 0.25) is 5.69 Å². The number of allylic oxidation sites excluding steroid dienone is 8. The van der Waals surface area contributed by atoms with Crippen LogP contribution in [0.2, 0.25) is 0 Å². The van der Waals surface area contributed by atoms with Gasteiger partial charge in [-0.2, -0.15) is 4.58 Å². The van der Waals surface area contributed by atoms with Crippen molar-refractivity contribution in [3.8, 4) is 0 Å². The number of likely N-dealkylation sites (N-methyl/N-ethyl adjacent to an activating group) is 1. The third-order valence-electron chi connectivity index (χ3n) is 9.53. The lowest BCUT2D eigenvalue weighted by Crippen LogP contribution is -3.00. The molecule has 0 bridgehead atoms. The van der Waals surface area contributed by atoms with Gasteiger partial charge in [-0.3, -0.25) is 0 Å². The van der Waals surface area contributed by atoms with Crippen LogP contribution >= 0.6 is 11.6 Å². The van der Waals surface area contributed by atoms with Crippen LogP contribution in [0.3, 0.4) is 0 Å². The van der Waals surface area contributed by atoms with Crippen LogP contribution in [0.1, 0.15) is 63.1 Å². The molecule has 216 valence electrons. The van der Waals surface area contributed by atoms with Crippen molar-refractivity contribution in [2.45, 2.75) is 57.3 Å². The SMILES string of the molecule is CN1/C(=C/C=C2\CC(c3ccccc3)CC(/C=C/C3=[N+](C)c4ccccc4C3(C)C)=C2Cl)C(C)(C)c2ccccc21.[I-]. The number of para-hydroxylation sites is 2. The Bertz CT molecular complexity index is 1670. The van der Waals surface area contributed by atoms with Gasteiger partial charge in [0.25, 0.3) is 0 Å². The second-order valence-corrected chi connectivity index (χ2v) is 13.1. The Hall–Kier alpha value is -2.89. The highest BCUT2D eigenvalue weighted by molar-refractivity contribution is 6.32. The second kappa shape index (κ2) is 11.7. The molecular weight excluding hydrogens is 647 g/mol. The van der Waals surface area contributed by atoms with Gasteiger partial charge in [0.15, 0.2) is 5.71 Å². The van der Waals surface area contributed by atoms with E-state index >= 15 is 0 Å². The Balaban J connectivity index is 0.00000353. The molecule has 0 fully saturated rings. The molecular formula is C38H40ClIN2. The van der Waals surface area contributed by atoms with Crippen LogP contribution in [0.25, 0.3) is 0 Å². The Labute approximate surface area is 273 Å². The Kier molecular flexibility index (Phi) is 8.48. The lowest BCUT2D eigenvalue weighted by Gasteiger charge is -2.27. The van der Waals surface area contributed by atoms with Gasteiger partial charge in [-0.25, -0.2) is 0 Å². The molecule has 3 aromatic carbocycles. The lowest BCUT2D eigenvalue weighted by molar-refractivity contribution is -0.401. The number of halogens is 2. The number of rotatable bonds is 4. The predicted octanol–water partition coefficient (Wildman–Crippen LogP) is 6.56. The molecule has 3 aromatic rings. The molecule has 6 rings (SSSR count). The Morgan fingerprint density at radius 3 is 2.12 bits per heavy atom. The van der Waals surface area contributed by atoms with Gasteiger partial charge in [-0.15, -0.1) is 0 Å². The highest BCUT2D eigenvalue weighted by Gasteiger charge is 2.42. The van der Waals surface area contributed by atoms with Crippen LogP contribution in [0.5, 0.6) is 0 Å². The van der Waals surface area contributed by atoms with E-state index in [0.717, 1.165) is 17.9 Å². The normalized spacial score (nSPS) is 22.6. The van der Waals surface area contributed by atoms with Crippen molar-refractivity contribution >= 4 is 28.7 Å². The number of hydrogen-bond acceptors (Lipinski definition) is 1.